The lowest BCUT2D eigenvalue weighted by atomic mass is 9.83. The SMILES string of the molecule is CCC(=O)N1C[C@@H]2C[C@H](C1)c1ccc(C(=O)N3CCCN4CCC[C@H]4C3)c(=O)n1C2. The first-order valence-corrected chi connectivity index (χ1v) is 11.6. The third kappa shape index (κ3) is 3.37. The molecule has 30 heavy (non-hydrogen) atoms. The van der Waals surface area contributed by atoms with Gasteiger partial charge in [-0.3, -0.25) is 19.3 Å². The van der Waals surface area contributed by atoms with Crippen molar-refractivity contribution in [2.24, 2.45) is 5.92 Å². The van der Waals surface area contributed by atoms with Crippen LogP contribution in [0.2, 0.25) is 0 Å². The minimum absolute atomic E-state index is 0.109. The fourth-order valence-corrected chi connectivity index (χ4v) is 6.10. The van der Waals surface area contributed by atoms with Crippen LogP contribution < -0.4 is 5.56 Å². The number of carbonyl (C=O) groups excluding carboxylic acids is 2. The van der Waals surface area contributed by atoms with Crippen LogP contribution in [0.4, 0.5) is 0 Å². The summed E-state index contributed by atoms with van der Waals surface area (Å²) in [5, 5.41) is 0. The Balaban J connectivity index is 1.40. The molecule has 5 heterocycles. The number of hydrogen-bond acceptors (Lipinski definition) is 4. The monoisotopic (exact) mass is 412 g/mol. The van der Waals surface area contributed by atoms with Crippen molar-refractivity contribution < 1.29 is 9.59 Å². The van der Waals surface area contributed by atoms with E-state index in [0.717, 1.165) is 57.7 Å². The highest BCUT2D eigenvalue weighted by molar-refractivity contribution is 5.94. The second kappa shape index (κ2) is 7.84. The van der Waals surface area contributed by atoms with Gasteiger partial charge in [-0.1, -0.05) is 6.92 Å². The molecule has 7 heteroatoms. The van der Waals surface area contributed by atoms with Crippen LogP contribution in [0.1, 0.15) is 61.0 Å². The maximum absolute atomic E-state index is 13.3. The number of nitrogens with zero attached hydrogens (tertiary/aromatic N) is 4. The minimum Gasteiger partial charge on any atom is -0.342 e. The van der Waals surface area contributed by atoms with Gasteiger partial charge in [-0.05, 0) is 50.3 Å². The molecule has 2 bridgehead atoms. The van der Waals surface area contributed by atoms with Gasteiger partial charge in [0.1, 0.15) is 5.56 Å². The molecule has 0 unspecified atom stereocenters. The Morgan fingerprint density at radius 2 is 1.83 bits per heavy atom. The van der Waals surface area contributed by atoms with E-state index in [-0.39, 0.29) is 23.3 Å². The van der Waals surface area contributed by atoms with Crippen LogP contribution >= 0.6 is 0 Å². The molecular formula is C23H32N4O3. The standard InChI is InChI=1S/C23H32N4O3/c1-2-21(28)26-12-16-11-17(14-26)20-7-6-19(23(30)27(20)13-16)22(29)25-10-4-9-24-8-3-5-18(24)15-25/h6-7,16-18H,2-5,8-15H2,1H3/t16-,17+,18-/m0/s1. The Hall–Kier alpha value is -2.15. The Labute approximate surface area is 177 Å². The first-order chi connectivity index (χ1) is 14.5. The van der Waals surface area contributed by atoms with E-state index in [1.54, 1.807) is 6.07 Å². The van der Waals surface area contributed by atoms with Crippen molar-refractivity contribution in [3.05, 3.63) is 33.7 Å². The molecule has 1 aromatic rings. The first kappa shape index (κ1) is 19.8. The normalized spacial score (nSPS) is 28.6. The molecule has 1 aromatic heterocycles. The van der Waals surface area contributed by atoms with Crippen molar-refractivity contribution in [1.82, 2.24) is 19.3 Å². The van der Waals surface area contributed by atoms with Gasteiger partial charge >= 0.3 is 0 Å². The van der Waals surface area contributed by atoms with Crippen LogP contribution in [0, 0.1) is 5.92 Å². The Kier molecular flexibility index (Phi) is 5.17. The van der Waals surface area contributed by atoms with Gasteiger partial charge in [-0.25, -0.2) is 0 Å². The van der Waals surface area contributed by atoms with Crippen molar-refractivity contribution in [2.75, 3.05) is 39.3 Å². The van der Waals surface area contributed by atoms with E-state index in [0.29, 0.717) is 37.0 Å². The first-order valence-electron chi connectivity index (χ1n) is 11.6. The van der Waals surface area contributed by atoms with E-state index < -0.39 is 0 Å². The van der Waals surface area contributed by atoms with E-state index >= 15 is 0 Å². The Bertz CT molecular complexity index is 910. The molecule has 0 radical (unpaired) electrons. The number of carbonyl (C=O) groups is 2. The summed E-state index contributed by atoms with van der Waals surface area (Å²) >= 11 is 0. The summed E-state index contributed by atoms with van der Waals surface area (Å²) in [6.45, 7) is 7.55. The van der Waals surface area contributed by atoms with Crippen molar-refractivity contribution in [1.29, 1.82) is 0 Å². The average molecular weight is 413 g/mol. The van der Waals surface area contributed by atoms with E-state index in [1.807, 2.05) is 27.4 Å². The molecular weight excluding hydrogens is 380 g/mol. The van der Waals surface area contributed by atoms with E-state index in [9.17, 15) is 14.4 Å². The third-order valence-electron chi connectivity index (χ3n) is 7.58. The van der Waals surface area contributed by atoms with Gasteiger partial charge < -0.3 is 14.4 Å². The van der Waals surface area contributed by atoms with E-state index in [2.05, 4.69) is 4.90 Å². The van der Waals surface area contributed by atoms with Gasteiger partial charge in [0.25, 0.3) is 11.5 Å². The highest BCUT2D eigenvalue weighted by Crippen LogP contribution is 2.35. The maximum atomic E-state index is 13.3. The van der Waals surface area contributed by atoms with Gasteiger partial charge in [0.2, 0.25) is 5.91 Å². The highest BCUT2D eigenvalue weighted by Gasteiger charge is 2.37. The fourth-order valence-electron chi connectivity index (χ4n) is 6.10. The molecule has 3 atom stereocenters. The van der Waals surface area contributed by atoms with Gasteiger partial charge in [0.15, 0.2) is 0 Å². The topological polar surface area (TPSA) is 65.9 Å². The van der Waals surface area contributed by atoms with Crippen LogP contribution in [-0.2, 0) is 11.3 Å². The molecule has 0 N–H and O–H groups in total. The van der Waals surface area contributed by atoms with Crippen LogP contribution in [0.3, 0.4) is 0 Å². The molecule has 4 aliphatic rings. The summed E-state index contributed by atoms with van der Waals surface area (Å²) in [4.78, 5) is 45.2. The molecule has 0 saturated carbocycles. The van der Waals surface area contributed by atoms with Gasteiger partial charge in [-0.15, -0.1) is 0 Å². The molecule has 162 valence electrons. The molecule has 0 aliphatic carbocycles. The molecule has 2 amide bonds. The Morgan fingerprint density at radius 3 is 2.67 bits per heavy atom. The van der Waals surface area contributed by atoms with Crippen LogP contribution in [0.5, 0.6) is 0 Å². The maximum Gasteiger partial charge on any atom is 0.263 e. The third-order valence-corrected chi connectivity index (χ3v) is 7.58. The van der Waals surface area contributed by atoms with Crippen LogP contribution in [0.15, 0.2) is 16.9 Å². The average Bonchev–Trinajstić information content (AvgIpc) is 3.09. The smallest absolute Gasteiger partial charge is 0.263 e. The lowest BCUT2D eigenvalue weighted by molar-refractivity contribution is -0.133. The predicted octanol–water partition coefficient (Wildman–Crippen LogP) is 1.51. The number of amides is 2. The lowest BCUT2D eigenvalue weighted by Gasteiger charge is -2.43. The number of hydrogen-bond donors (Lipinski definition) is 0. The quantitative estimate of drug-likeness (QED) is 0.739. The number of fused-ring (bicyclic) bond motifs is 5. The van der Waals surface area contributed by atoms with Crippen molar-refractivity contribution in [2.45, 2.75) is 57.5 Å². The summed E-state index contributed by atoms with van der Waals surface area (Å²) < 4.78 is 1.83. The zero-order valence-corrected chi connectivity index (χ0v) is 17.9. The molecule has 0 spiro atoms. The van der Waals surface area contributed by atoms with Crippen LogP contribution in [-0.4, -0.2) is 76.4 Å². The van der Waals surface area contributed by atoms with Crippen LogP contribution in [0.25, 0.3) is 0 Å². The molecule has 7 nitrogen and oxygen atoms in total. The molecule has 3 fully saturated rings. The summed E-state index contributed by atoms with van der Waals surface area (Å²) in [7, 11) is 0. The summed E-state index contributed by atoms with van der Waals surface area (Å²) in [5.41, 5.74) is 1.15. The molecule has 5 rings (SSSR count). The van der Waals surface area contributed by atoms with Crippen molar-refractivity contribution in [3.8, 4) is 0 Å². The second-order valence-corrected chi connectivity index (χ2v) is 9.48. The molecule has 4 aliphatic heterocycles. The van der Waals surface area contributed by atoms with Crippen molar-refractivity contribution >= 4 is 11.8 Å². The number of likely N-dealkylation sites (tertiary alicyclic amines) is 1. The highest BCUT2D eigenvalue weighted by atomic mass is 16.2. The number of pyridine rings is 1. The predicted molar refractivity (Wildman–Crippen MR) is 114 cm³/mol. The van der Waals surface area contributed by atoms with Gasteiger partial charge in [-0.2, -0.15) is 0 Å². The lowest BCUT2D eigenvalue weighted by Crippen LogP contribution is -2.50. The van der Waals surface area contributed by atoms with E-state index in [4.69, 9.17) is 0 Å². The number of piperidine rings is 1. The fraction of sp³-hybridized carbons (Fsp3) is 0.696. The minimum atomic E-state index is -0.144. The van der Waals surface area contributed by atoms with E-state index in [1.165, 1.54) is 6.42 Å². The number of rotatable bonds is 2. The number of aromatic nitrogens is 1. The van der Waals surface area contributed by atoms with Gasteiger partial charge in [0, 0.05) is 63.3 Å². The molecule has 3 saturated heterocycles. The summed E-state index contributed by atoms with van der Waals surface area (Å²) in [5.74, 6) is 0.562. The Morgan fingerprint density at radius 1 is 1.00 bits per heavy atom. The van der Waals surface area contributed by atoms with Crippen molar-refractivity contribution in [3.63, 3.8) is 0 Å². The molecule has 0 aromatic carbocycles. The zero-order valence-electron chi connectivity index (χ0n) is 17.9. The zero-order chi connectivity index (χ0) is 20.8. The summed E-state index contributed by atoms with van der Waals surface area (Å²) in [6.07, 6.45) is 4.86. The van der Waals surface area contributed by atoms with Gasteiger partial charge in [0.05, 0.1) is 0 Å². The second-order valence-electron chi connectivity index (χ2n) is 9.48. The summed E-state index contributed by atoms with van der Waals surface area (Å²) in [6, 6.07) is 4.16. The largest absolute Gasteiger partial charge is 0.342 e.